The summed E-state index contributed by atoms with van der Waals surface area (Å²) < 4.78 is 0. The van der Waals surface area contributed by atoms with E-state index in [0.29, 0.717) is 22.2 Å². The molecule has 0 aliphatic carbocycles. The molecule has 0 aliphatic heterocycles. The minimum Gasteiger partial charge on any atom is -0.320 e. The fourth-order valence-corrected chi connectivity index (χ4v) is 3.67. The Bertz CT molecular complexity index is 1160. The van der Waals surface area contributed by atoms with Crippen LogP contribution in [-0.4, -0.2) is 5.91 Å². The van der Waals surface area contributed by atoms with Gasteiger partial charge in [-0.2, -0.15) is 5.26 Å². The highest BCUT2D eigenvalue weighted by Crippen LogP contribution is 2.24. The van der Waals surface area contributed by atoms with Crippen LogP contribution < -0.4 is 5.32 Å². The number of rotatable bonds is 5. The lowest BCUT2D eigenvalue weighted by Gasteiger charge is -2.10. The summed E-state index contributed by atoms with van der Waals surface area (Å²) in [6, 6.07) is 20.7. The highest BCUT2D eigenvalue weighted by Gasteiger charge is 2.13. The van der Waals surface area contributed by atoms with Crippen molar-refractivity contribution in [3.63, 3.8) is 0 Å². The first-order valence-electron chi connectivity index (χ1n) is 9.39. The molecule has 0 unspecified atom stereocenters. The highest BCUT2D eigenvalue weighted by atomic mass is 35.5. The number of carbonyl (C=O) groups excluding carboxylic acids is 1. The Hall–Kier alpha value is -3.06. The van der Waals surface area contributed by atoms with Gasteiger partial charge in [0.05, 0.1) is 10.7 Å². The van der Waals surface area contributed by atoms with E-state index >= 15 is 0 Å². The zero-order valence-electron chi connectivity index (χ0n) is 16.7. The Balaban J connectivity index is 1.94. The largest absolute Gasteiger partial charge is 0.320 e. The third kappa shape index (κ3) is 5.51. The van der Waals surface area contributed by atoms with Crippen LogP contribution >= 0.6 is 23.2 Å². The van der Waals surface area contributed by atoms with Crippen molar-refractivity contribution >= 4 is 40.9 Å². The van der Waals surface area contributed by atoms with Crippen molar-refractivity contribution < 1.29 is 4.79 Å². The molecule has 0 saturated carbocycles. The SMILES string of the molecule is Cc1cc(C)cc(Cc2ccc(Cl)cc2/C=C(\C#N)C(=O)Nc2ccccc2Cl)c1. The first-order chi connectivity index (χ1) is 14.4. The van der Waals surface area contributed by atoms with Crippen LogP contribution in [0, 0.1) is 25.2 Å². The fraction of sp³-hybridized carbons (Fsp3) is 0.120. The van der Waals surface area contributed by atoms with Gasteiger partial charge in [0.15, 0.2) is 0 Å². The number of amides is 1. The number of hydrogen-bond acceptors (Lipinski definition) is 2. The molecule has 5 heteroatoms. The summed E-state index contributed by atoms with van der Waals surface area (Å²) in [5.41, 5.74) is 5.66. The quantitative estimate of drug-likeness (QED) is 0.356. The minimum absolute atomic E-state index is 0.0288. The summed E-state index contributed by atoms with van der Waals surface area (Å²) >= 11 is 12.3. The minimum atomic E-state index is -0.525. The zero-order chi connectivity index (χ0) is 21.7. The number of nitrogens with zero attached hydrogens (tertiary/aromatic N) is 1. The van der Waals surface area contributed by atoms with Gasteiger partial charge in [-0.15, -0.1) is 0 Å². The van der Waals surface area contributed by atoms with E-state index in [4.69, 9.17) is 23.2 Å². The third-order valence-corrected chi connectivity index (χ3v) is 5.14. The van der Waals surface area contributed by atoms with Crippen molar-refractivity contribution in [2.45, 2.75) is 20.3 Å². The molecule has 0 spiro atoms. The van der Waals surface area contributed by atoms with Crippen LogP contribution in [-0.2, 0) is 11.2 Å². The molecule has 0 aromatic heterocycles. The summed E-state index contributed by atoms with van der Waals surface area (Å²) in [4.78, 5) is 12.7. The van der Waals surface area contributed by atoms with E-state index in [-0.39, 0.29) is 5.57 Å². The Labute approximate surface area is 186 Å². The number of aryl methyl sites for hydroxylation is 2. The van der Waals surface area contributed by atoms with E-state index in [1.807, 2.05) is 18.2 Å². The second-order valence-corrected chi connectivity index (χ2v) is 7.96. The molecule has 150 valence electrons. The molecule has 1 N–H and O–H groups in total. The lowest BCUT2D eigenvalue weighted by atomic mass is 9.96. The summed E-state index contributed by atoms with van der Waals surface area (Å²) in [5.74, 6) is -0.525. The summed E-state index contributed by atoms with van der Waals surface area (Å²) in [7, 11) is 0. The molecule has 0 radical (unpaired) electrons. The first kappa shape index (κ1) is 21.6. The van der Waals surface area contributed by atoms with E-state index in [9.17, 15) is 10.1 Å². The molecular weight excluding hydrogens is 415 g/mol. The van der Waals surface area contributed by atoms with Crippen LogP contribution in [0.3, 0.4) is 0 Å². The van der Waals surface area contributed by atoms with Gasteiger partial charge in [0, 0.05) is 5.02 Å². The van der Waals surface area contributed by atoms with Gasteiger partial charge in [-0.3, -0.25) is 4.79 Å². The van der Waals surface area contributed by atoms with Gasteiger partial charge in [0.1, 0.15) is 11.6 Å². The maximum atomic E-state index is 12.7. The van der Waals surface area contributed by atoms with Gasteiger partial charge in [0.2, 0.25) is 0 Å². The number of benzene rings is 3. The number of carbonyl (C=O) groups is 1. The molecule has 3 rings (SSSR count). The van der Waals surface area contributed by atoms with Crippen LogP contribution in [0.5, 0.6) is 0 Å². The van der Waals surface area contributed by atoms with Crippen molar-refractivity contribution in [2.24, 2.45) is 0 Å². The molecule has 3 aromatic carbocycles. The second kappa shape index (κ2) is 9.63. The van der Waals surface area contributed by atoms with Gasteiger partial charge in [-0.05, 0) is 67.3 Å². The van der Waals surface area contributed by atoms with Crippen LogP contribution in [0.2, 0.25) is 10.0 Å². The van der Waals surface area contributed by atoms with Crippen molar-refractivity contribution in [3.8, 4) is 6.07 Å². The van der Waals surface area contributed by atoms with E-state index in [0.717, 1.165) is 16.7 Å². The van der Waals surface area contributed by atoms with E-state index < -0.39 is 5.91 Å². The van der Waals surface area contributed by atoms with Gasteiger partial charge in [-0.1, -0.05) is 70.7 Å². The van der Waals surface area contributed by atoms with Crippen molar-refractivity contribution in [1.29, 1.82) is 5.26 Å². The molecule has 3 aromatic rings. The number of para-hydroxylation sites is 1. The van der Waals surface area contributed by atoms with Crippen LogP contribution in [0.25, 0.3) is 6.08 Å². The van der Waals surface area contributed by atoms with Crippen LogP contribution in [0.4, 0.5) is 5.69 Å². The van der Waals surface area contributed by atoms with E-state index in [1.54, 1.807) is 36.4 Å². The molecule has 0 atom stereocenters. The predicted molar refractivity (Wildman–Crippen MR) is 124 cm³/mol. The lowest BCUT2D eigenvalue weighted by Crippen LogP contribution is -2.13. The molecule has 30 heavy (non-hydrogen) atoms. The molecule has 1 amide bonds. The van der Waals surface area contributed by atoms with Crippen LogP contribution in [0.1, 0.15) is 27.8 Å². The Kier molecular flexibility index (Phi) is 6.95. The number of nitrogens with one attached hydrogen (secondary N) is 1. The van der Waals surface area contributed by atoms with E-state index in [1.165, 1.54) is 11.1 Å². The number of nitriles is 1. The Morgan fingerprint density at radius 2 is 1.73 bits per heavy atom. The van der Waals surface area contributed by atoms with Crippen molar-refractivity contribution in [3.05, 3.63) is 104 Å². The molecule has 0 saturated heterocycles. The zero-order valence-corrected chi connectivity index (χ0v) is 18.2. The van der Waals surface area contributed by atoms with Gasteiger partial charge >= 0.3 is 0 Å². The standard InChI is InChI=1S/C25H20Cl2N2O/c1-16-9-17(2)11-18(10-16)12-19-7-8-22(26)14-20(19)13-21(15-28)25(30)29-24-6-4-3-5-23(24)27/h3-11,13-14H,12H2,1-2H3,(H,29,30)/b21-13+. The van der Waals surface area contributed by atoms with E-state index in [2.05, 4.69) is 37.4 Å². The normalized spacial score (nSPS) is 11.1. The molecule has 0 aliphatic rings. The van der Waals surface area contributed by atoms with Gasteiger partial charge in [0.25, 0.3) is 5.91 Å². The summed E-state index contributed by atoms with van der Waals surface area (Å²) in [5, 5.41) is 13.2. The molecule has 0 fully saturated rings. The molecule has 0 heterocycles. The number of hydrogen-bond donors (Lipinski definition) is 1. The second-order valence-electron chi connectivity index (χ2n) is 7.12. The maximum Gasteiger partial charge on any atom is 0.266 e. The fourth-order valence-electron chi connectivity index (χ4n) is 3.31. The number of anilines is 1. The lowest BCUT2D eigenvalue weighted by molar-refractivity contribution is -0.112. The van der Waals surface area contributed by atoms with Crippen molar-refractivity contribution in [2.75, 3.05) is 5.32 Å². The molecule has 0 bridgehead atoms. The van der Waals surface area contributed by atoms with Gasteiger partial charge < -0.3 is 5.32 Å². The van der Waals surface area contributed by atoms with Crippen molar-refractivity contribution in [1.82, 2.24) is 0 Å². The molecule has 3 nitrogen and oxygen atoms in total. The summed E-state index contributed by atoms with van der Waals surface area (Å²) in [6.07, 6.45) is 2.23. The molecular formula is C25H20Cl2N2O. The number of halogens is 2. The van der Waals surface area contributed by atoms with Crippen LogP contribution in [0.15, 0.2) is 66.2 Å². The third-order valence-electron chi connectivity index (χ3n) is 4.57. The highest BCUT2D eigenvalue weighted by molar-refractivity contribution is 6.34. The first-order valence-corrected chi connectivity index (χ1v) is 10.1. The summed E-state index contributed by atoms with van der Waals surface area (Å²) in [6.45, 7) is 4.12. The average molecular weight is 435 g/mol. The maximum absolute atomic E-state index is 12.7. The smallest absolute Gasteiger partial charge is 0.266 e. The monoisotopic (exact) mass is 434 g/mol. The average Bonchev–Trinajstić information content (AvgIpc) is 2.69. The Morgan fingerprint density at radius 1 is 1.03 bits per heavy atom. The van der Waals surface area contributed by atoms with Gasteiger partial charge in [-0.25, -0.2) is 0 Å². The Morgan fingerprint density at radius 3 is 2.40 bits per heavy atom. The topological polar surface area (TPSA) is 52.9 Å². The predicted octanol–water partition coefficient (Wildman–Crippen LogP) is 6.75.